The fourth-order valence-corrected chi connectivity index (χ4v) is 2.08. The predicted octanol–water partition coefficient (Wildman–Crippen LogP) is 0.803. The molecule has 1 saturated heterocycles. The summed E-state index contributed by atoms with van der Waals surface area (Å²) in [7, 11) is 1.89. The van der Waals surface area contributed by atoms with Crippen LogP contribution in [0.25, 0.3) is 0 Å². The second-order valence-corrected chi connectivity index (χ2v) is 3.83. The van der Waals surface area contributed by atoms with Crippen molar-refractivity contribution in [3.05, 3.63) is 11.6 Å². The molecule has 0 aromatic carbocycles. The number of carbonyl (C=O) groups is 1. The number of aromatic nitrogens is 1. The Morgan fingerprint density at radius 3 is 3.08 bits per heavy atom. The van der Waals surface area contributed by atoms with Gasteiger partial charge in [-0.2, -0.15) is 9.47 Å². The van der Waals surface area contributed by atoms with Gasteiger partial charge in [0.15, 0.2) is 0 Å². The van der Waals surface area contributed by atoms with Crippen molar-refractivity contribution in [2.45, 2.75) is 0 Å². The number of urea groups is 1. The van der Waals surface area contributed by atoms with Crippen LogP contribution < -0.4 is 9.80 Å². The van der Waals surface area contributed by atoms with E-state index in [1.165, 1.54) is 11.3 Å². The molecule has 5 heteroatoms. The summed E-state index contributed by atoms with van der Waals surface area (Å²) in [5, 5.41) is 5.56. The predicted molar refractivity (Wildman–Crippen MR) is 48.1 cm³/mol. The molecule has 2 amide bonds. The lowest BCUT2D eigenvalue weighted by Gasteiger charge is -2.19. The molecule has 1 aliphatic heterocycles. The second kappa shape index (κ2) is 2.53. The Morgan fingerprint density at radius 1 is 1.75 bits per heavy atom. The van der Waals surface area contributed by atoms with Crippen LogP contribution >= 0.6 is 11.3 Å². The maximum atomic E-state index is 11.4. The van der Waals surface area contributed by atoms with E-state index in [0.29, 0.717) is 4.48 Å². The third-order valence-electron chi connectivity index (χ3n) is 2.12. The normalized spacial score (nSPS) is 28.9. The molecule has 2 heterocycles. The number of nitrogens with zero attached hydrogens (tertiary/aromatic N) is 2. The smallest absolute Gasteiger partial charge is 0.299 e. The molecule has 1 fully saturated rings. The Bertz CT molecular complexity index is 298. The third kappa shape index (κ3) is 0.937. The van der Waals surface area contributed by atoms with Crippen molar-refractivity contribution in [1.82, 2.24) is 14.8 Å². The molecule has 1 aromatic heterocycles. The van der Waals surface area contributed by atoms with Gasteiger partial charge in [0.1, 0.15) is 6.54 Å². The van der Waals surface area contributed by atoms with Gasteiger partial charge in [-0.25, -0.2) is 4.79 Å². The Morgan fingerprint density at radius 2 is 2.58 bits per heavy atom. The second-order valence-electron chi connectivity index (χ2n) is 2.96. The van der Waals surface area contributed by atoms with Crippen LogP contribution in [0.15, 0.2) is 11.6 Å². The van der Waals surface area contributed by atoms with Gasteiger partial charge in [0.05, 0.1) is 13.6 Å². The number of likely N-dealkylation sites (N-methyl/N-ethyl adjacent to an activating group) is 1. The Hall–Kier alpha value is -0.940. The monoisotopic (exact) mass is 184 g/mol. The highest BCUT2D eigenvalue weighted by Gasteiger charge is 2.41. The quantitative estimate of drug-likeness (QED) is 0.656. The summed E-state index contributed by atoms with van der Waals surface area (Å²) in [4.78, 5) is 15.6. The molecule has 0 radical (unpaired) electrons. The van der Waals surface area contributed by atoms with Crippen LogP contribution in [-0.4, -0.2) is 31.2 Å². The van der Waals surface area contributed by atoms with E-state index in [2.05, 4.69) is 10.3 Å². The van der Waals surface area contributed by atoms with Gasteiger partial charge in [-0.1, -0.05) is 11.3 Å². The van der Waals surface area contributed by atoms with E-state index in [1.54, 1.807) is 6.20 Å². The fraction of sp³-hybridized carbons (Fsp3) is 0.429. The largest absolute Gasteiger partial charge is 0.423 e. The molecule has 1 atom stereocenters. The number of thiazole rings is 1. The van der Waals surface area contributed by atoms with Crippen LogP contribution in [0.5, 0.6) is 0 Å². The molecule has 4 nitrogen and oxygen atoms in total. The first-order valence-electron chi connectivity index (χ1n) is 3.77. The highest BCUT2D eigenvalue weighted by Crippen LogP contribution is 2.25. The van der Waals surface area contributed by atoms with Gasteiger partial charge in [-0.15, -0.1) is 0 Å². The molecular weight excluding hydrogens is 174 g/mol. The summed E-state index contributed by atoms with van der Waals surface area (Å²) < 4.78 is 0.303. The van der Waals surface area contributed by atoms with Gasteiger partial charge in [-0.05, 0) is 0 Å². The van der Waals surface area contributed by atoms with Gasteiger partial charge < -0.3 is 0 Å². The minimum atomic E-state index is 0.0463. The van der Waals surface area contributed by atoms with E-state index in [-0.39, 0.29) is 6.03 Å². The topological polar surface area (TPSA) is 42.0 Å². The lowest BCUT2D eigenvalue weighted by atomic mass is 10.5. The van der Waals surface area contributed by atoms with E-state index < -0.39 is 0 Å². The lowest BCUT2D eigenvalue weighted by molar-refractivity contribution is 0.225. The maximum absolute atomic E-state index is 11.4. The van der Waals surface area contributed by atoms with Crippen molar-refractivity contribution < 1.29 is 4.79 Å². The summed E-state index contributed by atoms with van der Waals surface area (Å²) in [5.41, 5.74) is 0. The molecule has 1 aliphatic rings. The molecule has 1 aromatic rings. The summed E-state index contributed by atoms with van der Waals surface area (Å²) in [6.07, 6.45) is 1.73. The van der Waals surface area contributed by atoms with E-state index in [9.17, 15) is 4.79 Å². The van der Waals surface area contributed by atoms with Crippen molar-refractivity contribution >= 4 is 22.5 Å². The number of hydrogen-bond acceptors (Lipinski definition) is 3. The van der Waals surface area contributed by atoms with Crippen molar-refractivity contribution in [2.24, 2.45) is 0 Å². The zero-order chi connectivity index (χ0) is 8.60. The standard InChI is InChI=1S/C7H9N3OS/c1-10(4-2-8-6(10)11)7-9-3-5-12-7/h3,5H,2,4H2,1H3/p+1. The summed E-state index contributed by atoms with van der Waals surface area (Å²) in [6.45, 7) is 1.54. The molecule has 0 spiro atoms. The van der Waals surface area contributed by atoms with E-state index in [1.807, 2.05) is 12.4 Å². The molecule has 0 aliphatic carbocycles. The van der Waals surface area contributed by atoms with Crippen LogP contribution in [0.4, 0.5) is 9.93 Å². The van der Waals surface area contributed by atoms with Gasteiger partial charge in [-0.3, -0.25) is 5.32 Å². The van der Waals surface area contributed by atoms with Crippen molar-refractivity contribution in [3.63, 3.8) is 0 Å². The maximum Gasteiger partial charge on any atom is 0.423 e. The van der Waals surface area contributed by atoms with Crippen LogP contribution in [0.1, 0.15) is 0 Å². The average Bonchev–Trinajstić information content (AvgIpc) is 2.62. The van der Waals surface area contributed by atoms with Crippen molar-refractivity contribution in [2.75, 3.05) is 20.1 Å². The van der Waals surface area contributed by atoms with Crippen LogP contribution in [0, 0.1) is 0 Å². The first kappa shape index (κ1) is 7.70. The summed E-state index contributed by atoms with van der Waals surface area (Å²) in [5.74, 6) is 0. The third-order valence-corrected chi connectivity index (χ3v) is 3.10. The minimum absolute atomic E-state index is 0.0463. The minimum Gasteiger partial charge on any atom is -0.299 e. The van der Waals surface area contributed by atoms with Gasteiger partial charge in [0.2, 0.25) is 0 Å². The average molecular weight is 184 g/mol. The Kier molecular flexibility index (Phi) is 1.62. The summed E-state index contributed by atoms with van der Waals surface area (Å²) >= 11 is 1.52. The molecule has 0 bridgehead atoms. The highest BCUT2D eigenvalue weighted by molar-refractivity contribution is 7.13. The zero-order valence-electron chi connectivity index (χ0n) is 6.78. The SMILES string of the molecule is C[N+]1(c2nccs2)CCNC1=O. The van der Waals surface area contributed by atoms with Crippen LogP contribution in [0.2, 0.25) is 0 Å². The fourth-order valence-electron chi connectivity index (χ4n) is 1.30. The molecule has 12 heavy (non-hydrogen) atoms. The molecular formula is C7H10N3OS+. The number of rotatable bonds is 1. The number of carbonyl (C=O) groups excluding carboxylic acids is 1. The lowest BCUT2D eigenvalue weighted by Crippen LogP contribution is -2.47. The van der Waals surface area contributed by atoms with Gasteiger partial charge in [0, 0.05) is 11.6 Å². The van der Waals surface area contributed by atoms with Crippen LogP contribution in [-0.2, 0) is 0 Å². The number of amides is 2. The van der Waals surface area contributed by atoms with Gasteiger partial charge in [0.25, 0.3) is 5.13 Å². The van der Waals surface area contributed by atoms with Crippen molar-refractivity contribution in [3.8, 4) is 0 Å². The number of nitrogens with one attached hydrogen (secondary N) is 1. The molecule has 2 rings (SSSR count). The molecule has 64 valence electrons. The van der Waals surface area contributed by atoms with Gasteiger partial charge >= 0.3 is 6.03 Å². The zero-order valence-corrected chi connectivity index (χ0v) is 7.60. The van der Waals surface area contributed by atoms with Crippen LogP contribution in [0.3, 0.4) is 0 Å². The van der Waals surface area contributed by atoms with Crippen molar-refractivity contribution in [1.29, 1.82) is 0 Å². The van der Waals surface area contributed by atoms with E-state index in [4.69, 9.17) is 0 Å². The summed E-state index contributed by atoms with van der Waals surface area (Å²) in [6, 6.07) is 0.0463. The number of hydrogen-bond donors (Lipinski definition) is 1. The molecule has 0 saturated carbocycles. The first-order valence-corrected chi connectivity index (χ1v) is 4.65. The van der Waals surface area contributed by atoms with E-state index >= 15 is 0 Å². The highest BCUT2D eigenvalue weighted by atomic mass is 32.1. The molecule has 1 unspecified atom stereocenters. The Balaban J connectivity index is 2.38. The first-order chi connectivity index (χ1) is 5.73. The molecule has 1 N–H and O–H groups in total. The number of quaternary nitrogens is 1. The Labute approximate surface area is 74.4 Å². The van der Waals surface area contributed by atoms with E-state index in [0.717, 1.165) is 18.2 Å².